The second-order valence-corrected chi connectivity index (χ2v) is 6.19. The SMILES string of the molecule is O=COCC(c1ccncc1)c1ncnc2c1NC(=O)CN2c1ccccc1. The van der Waals surface area contributed by atoms with Crippen LogP contribution in [0.25, 0.3) is 0 Å². The van der Waals surface area contributed by atoms with Crippen molar-refractivity contribution in [1.82, 2.24) is 15.0 Å². The molecule has 0 fully saturated rings. The second kappa shape index (κ2) is 7.83. The number of para-hydroxylation sites is 1. The second-order valence-electron chi connectivity index (χ2n) is 6.19. The lowest BCUT2D eigenvalue weighted by molar-refractivity contribution is -0.129. The number of hydrogen-bond donors (Lipinski definition) is 1. The van der Waals surface area contributed by atoms with Crippen molar-refractivity contribution >= 4 is 29.6 Å². The van der Waals surface area contributed by atoms with Crippen LogP contribution in [0.1, 0.15) is 17.2 Å². The fraction of sp³-hybridized carbons (Fsp3) is 0.150. The molecule has 1 aliphatic heterocycles. The number of hydrogen-bond acceptors (Lipinski definition) is 7. The number of amides is 1. The summed E-state index contributed by atoms with van der Waals surface area (Å²) in [5, 5.41) is 2.89. The Kier molecular flexibility index (Phi) is 4.92. The third kappa shape index (κ3) is 3.39. The minimum atomic E-state index is -0.374. The Morgan fingerprint density at radius 1 is 1.14 bits per heavy atom. The summed E-state index contributed by atoms with van der Waals surface area (Å²) >= 11 is 0. The van der Waals surface area contributed by atoms with Crippen LogP contribution in [-0.4, -0.2) is 40.5 Å². The molecule has 28 heavy (non-hydrogen) atoms. The van der Waals surface area contributed by atoms with Gasteiger partial charge in [0.1, 0.15) is 25.2 Å². The summed E-state index contributed by atoms with van der Waals surface area (Å²) in [6.45, 7) is 0.632. The van der Waals surface area contributed by atoms with E-state index < -0.39 is 0 Å². The van der Waals surface area contributed by atoms with Crippen molar-refractivity contribution in [2.75, 3.05) is 23.4 Å². The molecule has 3 aromatic rings. The van der Waals surface area contributed by atoms with Gasteiger partial charge in [-0.05, 0) is 29.8 Å². The molecule has 1 amide bonds. The van der Waals surface area contributed by atoms with E-state index in [4.69, 9.17) is 4.74 Å². The number of aromatic nitrogens is 3. The third-order valence-corrected chi connectivity index (χ3v) is 4.52. The lowest BCUT2D eigenvalue weighted by Gasteiger charge is -2.31. The Morgan fingerprint density at radius 2 is 1.93 bits per heavy atom. The summed E-state index contributed by atoms with van der Waals surface area (Å²) in [6, 6.07) is 13.2. The first kappa shape index (κ1) is 17.6. The van der Waals surface area contributed by atoms with Gasteiger partial charge in [-0.25, -0.2) is 9.97 Å². The summed E-state index contributed by atoms with van der Waals surface area (Å²) < 4.78 is 5.05. The normalized spacial score (nSPS) is 14.0. The van der Waals surface area contributed by atoms with Gasteiger partial charge >= 0.3 is 0 Å². The Hall–Kier alpha value is -3.81. The molecule has 8 nitrogen and oxygen atoms in total. The van der Waals surface area contributed by atoms with Gasteiger partial charge < -0.3 is 15.0 Å². The van der Waals surface area contributed by atoms with Crippen LogP contribution in [-0.2, 0) is 14.3 Å². The lowest BCUT2D eigenvalue weighted by atomic mass is 9.95. The zero-order valence-corrected chi connectivity index (χ0v) is 14.9. The van der Waals surface area contributed by atoms with Gasteiger partial charge in [0.05, 0.1) is 11.6 Å². The average Bonchev–Trinajstić information content (AvgIpc) is 2.75. The maximum Gasteiger partial charge on any atom is 0.293 e. The molecular weight excluding hydrogens is 358 g/mol. The van der Waals surface area contributed by atoms with Crippen LogP contribution < -0.4 is 10.2 Å². The van der Waals surface area contributed by atoms with Crippen molar-refractivity contribution in [2.24, 2.45) is 0 Å². The van der Waals surface area contributed by atoms with E-state index in [9.17, 15) is 9.59 Å². The van der Waals surface area contributed by atoms with Crippen molar-refractivity contribution in [3.8, 4) is 0 Å². The highest BCUT2D eigenvalue weighted by molar-refractivity contribution is 6.03. The van der Waals surface area contributed by atoms with E-state index in [2.05, 4.69) is 20.3 Å². The number of nitrogens with one attached hydrogen (secondary N) is 1. The van der Waals surface area contributed by atoms with E-state index in [1.807, 2.05) is 47.4 Å². The number of anilines is 3. The largest absolute Gasteiger partial charge is 0.467 e. The number of fused-ring (bicyclic) bond motifs is 1. The summed E-state index contributed by atoms with van der Waals surface area (Å²) in [5.41, 5.74) is 2.81. The van der Waals surface area contributed by atoms with Gasteiger partial charge in [0, 0.05) is 18.1 Å². The highest BCUT2D eigenvalue weighted by Gasteiger charge is 2.31. The van der Waals surface area contributed by atoms with Gasteiger partial charge in [-0.2, -0.15) is 0 Å². The van der Waals surface area contributed by atoms with Crippen LogP contribution in [0.4, 0.5) is 17.2 Å². The van der Waals surface area contributed by atoms with Crippen molar-refractivity contribution in [3.63, 3.8) is 0 Å². The molecule has 0 saturated heterocycles. The van der Waals surface area contributed by atoms with E-state index in [-0.39, 0.29) is 25.0 Å². The van der Waals surface area contributed by atoms with Gasteiger partial charge in [-0.1, -0.05) is 18.2 Å². The first-order valence-corrected chi connectivity index (χ1v) is 8.70. The average molecular weight is 375 g/mol. The summed E-state index contributed by atoms with van der Waals surface area (Å²) in [7, 11) is 0. The molecule has 0 spiro atoms. The molecule has 0 bridgehead atoms. The molecule has 1 atom stereocenters. The minimum absolute atomic E-state index is 0.0815. The van der Waals surface area contributed by atoms with Crippen LogP contribution in [0.3, 0.4) is 0 Å². The fourth-order valence-electron chi connectivity index (χ4n) is 3.26. The molecule has 0 saturated carbocycles. The predicted molar refractivity (Wildman–Crippen MR) is 102 cm³/mol. The van der Waals surface area contributed by atoms with Gasteiger partial charge in [-0.15, -0.1) is 0 Å². The standard InChI is InChI=1S/C20H17N5O3/c26-13-28-11-16(14-6-8-21-9-7-14)18-19-20(23-12-22-18)25(10-17(27)24-19)15-4-2-1-3-5-15/h1-9,12-13,16H,10-11H2,(H,24,27). The van der Waals surface area contributed by atoms with Crippen LogP contribution in [0.15, 0.2) is 61.2 Å². The molecule has 8 heteroatoms. The highest BCUT2D eigenvalue weighted by atomic mass is 16.5. The molecule has 140 valence electrons. The zero-order chi connectivity index (χ0) is 19.3. The Balaban J connectivity index is 1.82. The number of benzene rings is 1. The number of rotatable bonds is 6. The molecule has 2 aromatic heterocycles. The van der Waals surface area contributed by atoms with Crippen molar-refractivity contribution in [1.29, 1.82) is 0 Å². The Bertz CT molecular complexity index is 982. The van der Waals surface area contributed by atoms with Crippen LogP contribution >= 0.6 is 0 Å². The number of ether oxygens (including phenoxy) is 1. The molecule has 4 rings (SSSR count). The van der Waals surface area contributed by atoms with Gasteiger partial charge in [0.2, 0.25) is 5.91 Å². The molecule has 1 aromatic carbocycles. The first-order valence-electron chi connectivity index (χ1n) is 8.70. The number of nitrogens with zero attached hydrogens (tertiary/aromatic N) is 4. The Morgan fingerprint density at radius 3 is 2.68 bits per heavy atom. The van der Waals surface area contributed by atoms with E-state index in [1.54, 1.807) is 12.4 Å². The molecule has 1 N–H and O–H groups in total. The molecule has 1 unspecified atom stereocenters. The van der Waals surface area contributed by atoms with E-state index in [0.29, 0.717) is 23.7 Å². The van der Waals surface area contributed by atoms with Crippen LogP contribution in [0.2, 0.25) is 0 Å². The van der Waals surface area contributed by atoms with Crippen molar-refractivity contribution in [3.05, 3.63) is 72.4 Å². The summed E-state index contributed by atoms with van der Waals surface area (Å²) in [5.74, 6) is 0.0547. The molecular formula is C20H17N5O3. The molecule has 3 heterocycles. The molecule has 0 aliphatic carbocycles. The lowest BCUT2D eigenvalue weighted by Crippen LogP contribution is -2.37. The first-order chi connectivity index (χ1) is 13.8. The van der Waals surface area contributed by atoms with Gasteiger partial charge in [0.15, 0.2) is 5.82 Å². The van der Waals surface area contributed by atoms with Crippen LogP contribution in [0.5, 0.6) is 0 Å². The minimum Gasteiger partial charge on any atom is -0.467 e. The smallest absolute Gasteiger partial charge is 0.293 e. The summed E-state index contributed by atoms with van der Waals surface area (Å²) in [4.78, 5) is 37.9. The topological polar surface area (TPSA) is 97.3 Å². The summed E-state index contributed by atoms with van der Waals surface area (Å²) in [6.07, 6.45) is 4.77. The predicted octanol–water partition coefficient (Wildman–Crippen LogP) is 2.27. The number of pyridine rings is 1. The monoisotopic (exact) mass is 375 g/mol. The highest BCUT2D eigenvalue weighted by Crippen LogP contribution is 2.38. The van der Waals surface area contributed by atoms with Crippen molar-refractivity contribution in [2.45, 2.75) is 5.92 Å². The van der Waals surface area contributed by atoms with E-state index in [0.717, 1.165) is 11.3 Å². The van der Waals surface area contributed by atoms with E-state index >= 15 is 0 Å². The van der Waals surface area contributed by atoms with E-state index in [1.165, 1.54) is 6.33 Å². The van der Waals surface area contributed by atoms with Gasteiger partial charge in [-0.3, -0.25) is 14.6 Å². The number of carbonyl (C=O) groups excluding carboxylic acids is 2. The molecule has 0 radical (unpaired) electrons. The molecule has 1 aliphatic rings. The Labute approximate surface area is 161 Å². The zero-order valence-electron chi connectivity index (χ0n) is 14.9. The quantitative estimate of drug-likeness (QED) is 0.660. The van der Waals surface area contributed by atoms with Crippen LogP contribution in [0, 0.1) is 0 Å². The maximum absolute atomic E-state index is 12.4. The maximum atomic E-state index is 12.4. The number of carbonyl (C=O) groups is 2. The van der Waals surface area contributed by atoms with Crippen molar-refractivity contribution < 1.29 is 14.3 Å². The van der Waals surface area contributed by atoms with Gasteiger partial charge in [0.25, 0.3) is 6.47 Å². The fourth-order valence-corrected chi connectivity index (χ4v) is 3.26. The third-order valence-electron chi connectivity index (χ3n) is 4.52.